The Balaban J connectivity index is 1.86. The monoisotopic (exact) mass is 349 g/mol. The zero-order chi connectivity index (χ0) is 16.8. The van der Waals surface area contributed by atoms with Crippen molar-refractivity contribution in [3.63, 3.8) is 0 Å². The number of hydrogen-bond acceptors (Lipinski definition) is 2. The smallest absolute Gasteiger partial charge is 0.226 e. The van der Waals surface area contributed by atoms with E-state index in [-0.39, 0.29) is 5.91 Å². The Morgan fingerprint density at radius 3 is 2.17 bits per heavy atom. The van der Waals surface area contributed by atoms with E-state index >= 15 is 0 Å². The summed E-state index contributed by atoms with van der Waals surface area (Å²) in [5.74, 6) is 0.0735. The molecule has 2 rings (SSSR count). The van der Waals surface area contributed by atoms with E-state index in [9.17, 15) is 9.00 Å². The molecule has 3 nitrogen and oxygen atoms in total. The van der Waals surface area contributed by atoms with Crippen LogP contribution in [0.4, 0.5) is 0 Å². The van der Waals surface area contributed by atoms with Gasteiger partial charge in [0.25, 0.3) is 0 Å². The number of nitrogens with zero attached hydrogens (tertiary/aromatic N) is 1. The standard InChI is InChI=1S/C18H20ClNO2S/c1-20(12-11-14-3-7-16(19)8-4-14)18(21)13-15-5-9-17(10-6-15)23(2)22/h3-10H,11-13H2,1-2H3/t23-/m1/s1. The first-order valence-electron chi connectivity index (χ1n) is 7.36. The van der Waals surface area contributed by atoms with Gasteiger partial charge in [0.2, 0.25) is 5.91 Å². The van der Waals surface area contributed by atoms with Crippen LogP contribution in [0.1, 0.15) is 11.1 Å². The van der Waals surface area contributed by atoms with Crippen molar-refractivity contribution >= 4 is 28.3 Å². The van der Waals surface area contributed by atoms with Crippen molar-refractivity contribution in [2.75, 3.05) is 19.8 Å². The molecule has 0 saturated heterocycles. The maximum absolute atomic E-state index is 12.3. The minimum absolute atomic E-state index is 0.0735. The summed E-state index contributed by atoms with van der Waals surface area (Å²) in [6.45, 7) is 0.664. The Morgan fingerprint density at radius 2 is 1.61 bits per heavy atom. The molecule has 0 heterocycles. The fourth-order valence-corrected chi connectivity index (χ4v) is 2.83. The zero-order valence-electron chi connectivity index (χ0n) is 13.3. The number of rotatable bonds is 6. The second-order valence-electron chi connectivity index (χ2n) is 5.47. The molecule has 122 valence electrons. The fraction of sp³-hybridized carbons (Fsp3) is 0.278. The lowest BCUT2D eigenvalue weighted by molar-refractivity contribution is -0.129. The molecule has 0 saturated carbocycles. The van der Waals surface area contributed by atoms with Gasteiger partial charge in [0.15, 0.2) is 0 Å². The third kappa shape index (κ3) is 5.48. The van der Waals surface area contributed by atoms with Crippen LogP contribution in [-0.4, -0.2) is 34.9 Å². The van der Waals surface area contributed by atoms with Crippen molar-refractivity contribution in [3.05, 3.63) is 64.7 Å². The van der Waals surface area contributed by atoms with Crippen LogP contribution in [0.3, 0.4) is 0 Å². The summed E-state index contributed by atoms with van der Waals surface area (Å²) in [5, 5.41) is 0.717. The van der Waals surface area contributed by atoms with Crippen LogP contribution >= 0.6 is 11.6 Å². The highest BCUT2D eigenvalue weighted by atomic mass is 35.5. The Hall–Kier alpha value is -1.65. The summed E-state index contributed by atoms with van der Waals surface area (Å²) in [6, 6.07) is 15.0. The summed E-state index contributed by atoms with van der Waals surface area (Å²) < 4.78 is 11.4. The third-order valence-corrected chi connectivity index (χ3v) is 4.87. The van der Waals surface area contributed by atoms with E-state index in [4.69, 9.17) is 11.6 Å². The molecule has 0 aliphatic heterocycles. The van der Waals surface area contributed by atoms with E-state index in [1.807, 2.05) is 55.6 Å². The number of carbonyl (C=O) groups excluding carboxylic acids is 1. The SMILES string of the molecule is CN(CCc1ccc(Cl)cc1)C(=O)Cc1ccc([S@@](C)=O)cc1. The Kier molecular flexibility index (Phi) is 6.37. The molecule has 2 aromatic carbocycles. The van der Waals surface area contributed by atoms with E-state index in [2.05, 4.69) is 0 Å². The van der Waals surface area contributed by atoms with Gasteiger partial charge in [-0.3, -0.25) is 9.00 Å². The summed E-state index contributed by atoms with van der Waals surface area (Å²) in [7, 11) is 0.824. The Labute approximate surface area is 144 Å². The molecule has 1 atom stereocenters. The highest BCUT2D eigenvalue weighted by Gasteiger charge is 2.10. The molecule has 23 heavy (non-hydrogen) atoms. The molecule has 0 unspecified atom stereocenters. The van der Waals surface area contributed by atoms with Gasteiger partial charge >= 0.3 is 0 Å². The van der Waals surface area contributed by atoms with Crippen LogP contribution in [0.15, 0.2) is 53.4 Å². The van der Waals surface area contributed by atoms with Crippen LogP contribution in [0.5, 0.6) is 0 Å². The van der Waals surface area contributed by atoms with Gasteiger partial charge in [0, 0.05) is 40.6 Å². The summed E-state index contributed by atoms with van der Waals surface area (Å²) in [6.07, 6.45) is 2.80. The van der Waals surface area contributed by atoms with Crippen LogP contribution < -0.4 is 0 Å². The predicted molar refractivity (Wildman–Crippen MR) is 95.3 cm³/mol. The maximum Gasteiger partial charge on any atom is 0.226 e. The fourth-order valence-electron chi connectivity index (χ4n) is 2.18. The van der Waals surface area contributed by atoms with Crippen molar-refractivity contribution in [1.29, 1.82) is 0 Å². The highest BCUT2D eigenvalue weighted by Crippen LogP contribution is 2.11. The lowest BCUT2D eigenvalue weighted by Crippen LogP contribution is -2.30. The van der Waals surface area contributed by atoms with Crippen molar-refractivity contribution in [1.82, 2.24) is 4.90 Å². The number of hydrogen-bond donors (Lipinski definition) is 0. The van der Waals surface area contributed by atoms with Crippen LogP contribution in [0, 0.1) is 0 Å². The first-order chi connectivity index (χ1) is 11.0. The van der Waals surface area contributed by atoms with Crippen LogP contribution in [-0.2, 0) is 28.4 Å². The molecule has 0 radical (unpaired) electrons. The largest absolute Gasteiger partial charge is 0.345 e. The quantitative estimate of drug-likeness (QED) is 0.802. The van der Waals surface area contributed by atoms with Gasteiger partial charge in [-0.05, 0) is 41.8 Å². The normalized spacial score (nSPS) is 12.0. The first-order valence-corrected chi connectivity index (χ1v) is 9.30. The summed E-state index contributed by atoms with van der Waals surface area (Å²) in [4.78, 5) is 14.8. The molecule has 0 aliphatic rings. The van der Waals surface area contributed by atoms with Gasteiger partial charge in [-0.2, -0.15) is 0 Å². The number of amides is 1. The Morgan fingerprint density at radius 1 is 1.04 bits per heavy atom. The Bertz CT molecular complexity index is 683. The molecule has 0 bridgehead atoms. The van der Waals surface area contributed by atoms with Crippen molar-refractivity contribution in [2.24, 2.45) is 0 Å². The molecular formula is C18H20ClNO2S. The van der Waals surface area contributed by atoms with Crippen molar-refractivity contribution in [2.45, 2.75) is 17.7 Å². The molecule has 1 amide bonds. The molecule has 5 heteroatoms. The molecule has 0 aromatic heterocycles. The summed E-state index contributed by atoms with van der Waals surface area (Å²) in [5.41, 5.74) is 2.09. The molecular weight excluding hydrogens is 330 g/mol. The predicted octanol–water partition coefficient (Wildman–Crippen LogP) is 3.32. The molecule has 0 N–H and O–H groups in total. The highest BCUT2D eigenvalue weighted by molar-refractivity contribution is 7.84. The van der Waals surface area contributed by atoms with E-state index < -0.39 is 10.8 Å². The third-order valence-electron chi connectivity index (χ3n) is 3.69. The van der Waals surface area contributed by atoms with Crippen molar-refractivity contribution < 1.29 is 9.00 Å². The van der Waals surface area contributed by atoms with Gasteiger partial charge in [-0.15, -0.1) is 0 Å². The van der Waals surface area contributed by atoms with E-state index in [1.54, 1.807) is 11.2 Å². The minimum Gasteiger partial charge on any atom is -0.345 e. The number of benzene rings is 2. The maximum atomic E-state index is 12.3. The van der Waals surface area contributed by atoms with Crippen LogP contribution in [0.25, 0.3) is 0 Å². The second kappa shape index (κ2) is 8.27. The van der Waals surface area contributed by atoms with E-state index in [1.165, 1.54) is 0 Å². The molecule has 2 aromatic rings. The summed E-state index contributed by atoms with van der Waals surface area (Å²) >= 11 is 5.86. The second-order valence-corrected chi connectivity index (χ2v) is 7.28. The number of likely N-dealkylation sites (N-methyl/N-ethyl adjacent to an activating group) is 1. The minimum atomic E-state index is -0.989. The number of halogens is 1. The lowest BCUT2D eigenvalue weighted by Gasteiger charge is -2.17. The average Bonchev–Trinajstić information content (AvgIpc) is 2.54. The van der Waals surface area contributed by atoms with Crippen LogP contribution in [0.2, 0.25) is 5.02 Å². The zero-order valence-corrected chi connectivity index (χ0v) is 14.9. The number of carbonyl (C=O) groups is 1. The van der Waals surface area contributed by atoms with Crippen molar-refractivity contribution in [3.8, 4) is 0 Å². The molecule has 0 aliphatic carbocycles. The lowest BCUT2D eigenvalue weighted by atomic mass is 10.1. The van der Waals surface area contributed by atoms with Gasteiger partial charge in [-0.1, -0.05) is 35.9 Å². The van der Waals surface area contributed by atoms with Gasteiger partial charge in [0.05, 0.1) is 6.42 Å². The van der Waals surface area contributed by atoms with Gasteiger partial charge in [-0.25, -0.2) is 0 Å². The topological polar surface area (TPSA) is 37.4 Å². The molecule has 0 fully saturated rings. The van der Waals surface area contributed by atoms with E-state index in [0.717, 1.165) is 27.5 Å². The average molecular weight is 350 g/mol. The van der Waals surface area contributed by atoms with Gasteiger partial charge in [0.1, 0.15) is 0 Å². The van der Waals surface area contributed by atoms with Gasteiger partial charge < -0.3 is 4.90 Å². The first kappa shape index (κ1) is 17.7. The van der Waals surface area contributed by atoms with E-state index in [0.29, 0.717) is 13.0 Å². The molecule has 0 spiro atoms.